The molecule has 1 aliphatic rings. The van der Waals surface area contributed by atoms with Gasteiger partial charge in [0.15, 0.2) is 0 Å². The van der Waals surface area contributed by atoms with Crippen molar-refractivity contribution in [3.8, 4) is 5.75 Å². The van der Waals surface area contributed by atoms with Gasteiger partial charge in [0, 0.05) is 11.6 Å². The molecule has 0 aromatic heterocycles. The van der Waals surface area contributed by atoms with Crippen LogP contribution < -0.4 is 10.1 Å². The summed E-state index contributed by atoms with van der Waals surface area (Å²) in [6.07, 6.45) is -2.55. The zero-order chi connectivity index (χ0) is 20.1. The highest BCUT2D eigenvalue weighted by Gasteiger charge is 2.30. The molecule has 1 aliphatic heterocycles. The molecule has 1 heterocycles. The van der Waals surface area contributed by atoms with Crippen LogP contribution in [-0.2, 0) is 22.1 Å². The van der Waals surface area contributed by atoms with Gasteiger partial charge in [0.1, 0.15) is 12.4 Å². The van der Waals surface area contributed by atoms with Crippen molar-refractivity contribution in [2.24, 2.45) is 0 Å². The Labute approximate surface area is 165 Å². The van der Waals surface area contributed by atoms with Gasteiger partial charge in [-0.3, -0.25) is 4.79 Å². The summed E-state index contributed by atoms with van der Waals surface area (Å²) in [6.45, 7) is 1.08. The number of nitrogens with one attached hydrogen (secondary N) is 1. The van der Waals surface area contributed by atoms with E-state index < -0.39 is 11.7 Å². The van der Waals surface area contributed by atoms with E-state index in [1.54, 1.807) is 18.2 Å². The van der Waals surface area contributed by atoms with Crippen LogP contribution >= 0.6 is 11.6 Å². The number of ether oxygens (including phenoxy) is 2. The lowest BCUT2D eigenvalue weighted by atomic mass is 10.1. The Bertz CT molecular complexity index is 818. The number of hydrogen-bond donors (Lipinski definition) is 1. The molecule has 2 aromatic carbocycles. The summed E-state index contributed by atoms with van der Waals surface area (Å²) in [4.78, 5) is 12.3. The highest BCUT2D eigenvalue weighted by molar-refractivity contribution is 6.31. The molecule has 2 aromatic rings. The van der Waals surface area contributed by atoms with Crippen LogP contribution in [-0.4, -0.2) is 25.2 Å². The molecule has 1 saturated heterocycles. The van der Waals surface area contributed by atoms with E-state index in [1.165, 1.54) is 12.1 Å². The molecule has 1 amide bonds. The van der Waals surface area contributed by atoms with Crippen LogP contribution in [0.1, 0.15) is 24.0 Å². The first-order valence-corrected chi connectivity index (χ1v) is 9.19. The fourth-order valence-corrected chi connectivity index (χ4v) is 3.05. The van der Waals surface area contributed by atoms with Gasteiger partial charge in [-0.1, -0.05) is 23.7 Å². The van der Waals surface area contributed by atoms with Crippen LogP contribution in [0.25, 0.3) is 0 Å². The molecule has 1 atom stereocenters. The quantitative estimate of drug-likeness (QED) is 0.717. The molecule has 0 spiro atoms. The lowest BCUT2D eigenvalue weighted by Gasteiger charge is -2.15. The molecule has 1 fully saturated rings. The molecule has 1 N–H and O–H groups in total. The fraction of sp³-hybridized carbons (Fsp3) is 0.350. The number of benzene rings is 2. The van der Waals surface area contributed by atoms with Gasteiger partial charge in [0.25, 0.3) is 0 Å². The highest BCUT2D eigenvalue weighted by Crippen LogP contribution is 2.30. The average Bonchev–Trinajstić information content (AvgIpc) is 3.14. The first-order valence-electron chi connectivity index (χ1n) is 8.81. The molecule has 8 heteroatoms. The standard InChI is InChI=1S/C20H19ClF3NO3/c21-15-7-8-18(28-12-16-2-1-9-27-16)17(11-15)25-19(26)10-13-3-5-14(6-4-13)20(22,23)24/h3-8,11,16H,1-2,9-10,12H2,(H,25,26). The largest absolute Gasteiger partial charge is 0.489 e. The van der Waals surface area contributed by atoms with Crippen molar-refractivity contribution in [3.05, 3.63) is 58.6 Å². The number of anilines is 1. The Balaban J connectivity index is 1.63. The number of alkyl halides is 3. The minimum atomic E-state index is -4.41. The second-order valence-corrected chi connectivity index (χ2v) is 6.94. The Hall–Kier alpha value is -2.25. The number of carbonyl (C=O) groups is 1. The minimum absolute atomic E-state index is 0.0198. The van der Waals surface area contributed by atoms with Gasteiger partial charge in [-0.05, 0) is 48.7 Å². The molecule has 28 heavy (non-hydrogen) atoms. The van der Waals surface area contributed by atoms with E-state index in [-0.39, 0.29) is 18.4 Å². The molecule has 150 valence electrons. The van der Waals surface area contributed by atoms with E-state index >= 15 is 0 Å². The van der Waals surface area contributed by atoms with E-state index in [0.29, 0.717) is 35.2 Å². The third-order valence-electron chi connectivity index (χ3n) is 4.31. The van der Waals surface area contributed by atoms with Gasteiger partial charge in [-0.25, -0.2) is 0 Å². The van der Waals surface area contributed by atoms with Gasteiger partial charge in [0.05, 0.1) is 23.8 Å². The minimum Gasteiger partial charge on any atom is -0.489 e. The molecular formula is C20H19ClF3NO3. The third kappa shape index (κ3) is 5.62. The molecule has 0 saturated carbocycles. The summed E-state index contributed by atoms with van der Waals surface area (Å²) < 4.78 is 49.1. The number of amides is 1. The van der Waals surface area contributed by atoms with Crippen molar-refractivity contribution in [3.63, 3.8) is 0 Å². The van der Waals surface area contributed by atoms with E-state index in [4.69, 9.17) is 21.1 Å². The van der Waals surface area contributed by atoms with E-state index in [2.05, 4.69) is 5.32 Å². The lowest BCUT2D eigenvalue weighted by molar-refractivity contribution is -0.137. The monoisotopic (exact) mass is 413 g/mol. The van der Waals surface area contributed by atoms with Crippen LogP contribution in [0.2, 0.25) is 5.02 Å². The van der Waals surface area contributed by atoms with Gasteiger partial charge in [0.2, 0.25) is 5.91 Å². The lowest BCUT2D eigenvalue weighted by Crippen LogP contribution is -2.19. The Kier molecular flexibility index (Phi) is 6.46. The summed E-state index contributed by atoms with van der Waals surface area (Å²) in [5.74, 6) is 0.0738. The number of halogens is 4. The van der Waals surface area contributed by atoms with Crippen molar-refractivity contribution >= 4 is 23.2 Å². The van der Waals surface area contributed by atoms with Crippen LogP contribution in [0.5, 0.6) is 5.75 Å². The van der Waals surface area contributed by atoms with Crippen molar-refractivity contribution < 1.29 is 27.4 Å². The summed E-state index contributed by atoms with van der Waals surface area (Å²) in [7, 11) is 0. The smallest absolute Gasteiger partial charge is 0.416 e. The molecule has 4 nitrogen and oxygen atoms in total. The van der Waals surface area contributed by atoms with Crippen molar-refractivity contribution in [1.29, 1.82) is 0 Å². The predicted octanol–water partition coefficient (Wildman–Crippen LogP) is 5.10. The van der Waals surface area contributed by atoms with Crippen LogP contribution in [0.15, 0.2) is 42.5 Å². The topological polar surface area (TPSA) is 47.6 Å². The summed E-state index contributed by atoms with van der Waals surface area (Å²) in [6, 6.07) is 9.36. The fourth-order valence-electron chi connectivity index (χ4n) is 2.88. The van der Waals surface area contributed by atoms with Crippen molar-refractivity contribution in [1.82, 2.24) is 0 Å². The molecule has 0 bridgehead atoms. The molecule has 1 unspecified atom stereocenters. The third-order valence-corrected chi connectivity index (χ3v) is 4.55. The van der Waals surface area contributed by atoms with Gasteiger partial charge in [-0.2, -0.15) is 13.2 Å². The van der Waals surface area contributed by atoms with Gasteiger partial charge >= 0.3 is 6.18 Å². The van der Waals surface area contributed by atoms with Crippen molar-refractivity contribution in [2.75, 3.05) is 18.5 Å². The summed E-state index contributed by atoms with van der Waals surface area (Å²) in [5, 5.41) is 3.13. The summed E-state index contributed by atoms with van der Waals surface area (Å²) >= 11 is 6.01. The van der Waals surface area contributed by atoms with Gasteiger partial charge in [-0.15, -0.1) is 0 Å². The number of rotatable bonds is 6. The normalized spacial score (nSPS) is 16.8. The molecule has 3 rings (SSSR count). The number of hydrogen-bond acceptors (Lipinski definition) is 3. The average molecular weight is 414 g/mol. The first-order chi connectivity index (χ1) is 13.3. The highest BCUT2D eigenvalue weighted by atomic mass is 35.5. The second kappa shape index (κ2) is 8.84. The van der Waals surface area contributed by atoms with Crippen LogP contribution in [0, 0.1) is 0 Å². The van der Waals surface area contributed by atoms with Crippen LogP contribution in [0.4, 0.5) is 18.9 Å². The SMILES string of the molecule is O=C(Cc1ccc(C(F)(F)F)cc1)Nc1cc(Cl)ccc1OCC1CCCO1. The first kappa shape index (κ1) is 20.5. The maximum atomic E-state index is 12.6. The summed E-state index contributed by atoms with van der Waals surface area (Å²) in [5.41, 5.74) is 0.119. The van der Waals surface area contributed by atoms with Crippen molar-refractivity contribution in [2.45, 2.75) is 31.5 Å². The maximum absolute atomic E-state index is 12.6. The zero-order valence-electron chi connectivity index (χ0n) is 14.9. The molecule has 0 aliphatic carbocycles. The van der Waals surface area contributed by atoms with E-state index in [9.17, 15) is 18.0 Å². The molecular weight excluding hydrogens is 395 g/mol. The predicted molar refractivity (Wildman–Crippen MR) is 99.7 cm³/mol. The Morgan fingerprint density at radius 3 is 2.61 bits per heavy atom. The Morgan fingerprint density at radius 1 is 1.21 bits per heavy atom. The zero-order valence-corrected chi connectivity index (χ0v) is 15.6. The second-order valence-electron chi connectivity index (χ2n) is 6.51. The van der Waals surface area contributed by atoms with E-state index in [0.717, 1.165) is 25.0 Å². The number of carbonyl (C=O) groups excluding carboxylic acids is 1. The Morgan fingerprint density at radius 2 is 1.96 bits per heavy atom. The van der Waals surface area contributed by atoms with E-state index in [1.807, 2.05) is 0 Å². The maximum Gasteiger partial charge on any atom is 0.416 e. The van der Waals surface area contributed by atoms with Crippen LogP contribution in [0.3, 0.4) is 0 Å². The molecule has 0 radical (unpaired) electrons. The van der Waals surface area contributed by atoms with Gasteiger partial charge < -0.3 is 14.8 Å².